The first-order chi connectivity index (χ1) is 17.9. The minimum Gasteiger partial charge on any atom is -0.353 e. The zero-order chi connectivity index (χ0) is 25.5. The first kappa shape index (κ1) is 23.1. The van der Waals surface area contributed by atoms with Crippen LogP contribution in [0.4, 0.5) is 5.69 Å². The summed E-state index contributed by atoms with van der Waals surface area (Å²) < 4.78 is 0. The van der Waals surface area contributed by atoms with Gasteiger partial charge in [-0.25, -0.2) is 4.98 Å². The third-order valence-electron chi connectivity index (χ3n) is 6.22. The summed E-state index contributed by atoms with van der Waals surface area (Å²) >= 11 is 1.74. The Morgan fingerprint density at radius 1 is 1.03 bits per heavy atom. The molecule has 6 aromatic rings. The molecule has 0 aliphatic rings. The van der Waals surface area contributed by atoms with E-state index >= 15 is 0 Å². The molecule has 0 saturated carbocycles. The molecular formula is C29H26N6OS. The largest absolute Gasteiger partial charge is 0.353 e. The molecule has 5 aromatic heterocycles. The third kappa shape index (κ3) is 4.51. The van der Waals surface area contributed by atoms with Crippen molar-refractivity contribution in [2.75, 3.05) is 5.32 Å². The lowest BCUT2D eigenvalue weighted by atomic mass is 10.1. The smallest absolute Gasteiger partial charge is 0.224 e. The summed E-state index contributed by atoms with van der Waals surface area (Å²) in [4.78, 5) is 27.8. The maximum Gasteiger partial charge on any atom is 0.224 e. The van der Waals surface area contributed by atoms with E-state index < -0.39 is 0 Å². The molecule has 0 fully saturated rings. The van der Waals surface area contributed by atoms with Crippen molar-refractivity contribution in [2.45, 2.75) is 27.2 Å². The molecule has 5 heterocycles. The zero-order valence-electron chi connectivity index (χ0n) is 20.8. The van der Waals surface area contributed by atoms with Gasteiger partial charge in [-0.2, -0.15) is 5.10 Å². The summed E-state index contributed by atoms with van der Waals surface area (Å²) in [6.45, 7) is 6.17. The first-order valence-corrected chi connectivity index (χ1v) is 13.1. The molecule has 0 atom stereocenters. The van der Waals surface area contributed by atoms with Crippen LogP contribution in [0, 0.1) is 12.8 Å². The van der Waals surface area contributed by atoms with Crippen LogP contribution in [0.1, 0.15) is 25.1 Å². The second kappa shape index (κ2) is 9.29. The van der Waals surface area contributed by atoms with Crippen molar-refractivity contribution in [2.24, 2.45) is 5.92 Å². The summed E-state index contributed by atoms with van der Waals surface area (Å²) in [7, 11) is 0. The number of carbonyl (C=O) groups excluding carboxylic acids is 1. The van der Waals surface area contributed by atoms with Gasteiger partial charge in [0.05, 0.1) is 27.5 Å². The minimum atomic E-state index is 0.0121. The quantitative estimate of drug-likeness (QED) is 0.223. The molecule has 1 aromatic carbocycles. The lowest BCUT2D eigenvalue weighted by molar-refractivity contribution is -0.116. The van der Waals surface area contributed by atoms with Crippen molar-refractivity contribution in [3.63, 3.8) is 0 Å². The Morgan fingerprint density at radius 2 is 1.92 bits per heavy atom. The molecule has 0 spiro atoms. The fraction of sp³-hybridized carbons (Fsp3) is 0.172. The van der Waals surface area contributed by atoms with Crippen LogP contribution in [0.15, 0.2) is 66.9 Å². The highest BCUT2D eigenvalue weighted by molar-refractivity contribution is 7.15. The van der Waals surface area contributed by atoms with Crippen molar-refractivity contribution in [1.29, 1.82) is 0 Å². The van der Waals surface area contributed by atoms with Crippen molar-refractivity contribution in [3.05, 3.63) is 71.7 Å². The van der Waals surface area contributed by atoms with Gasteiger partial charge in [-0.05, 0) is 61.4 Å². The molecule has 1 amide bonds. The monoisotopic (exact) mass is 506 g/mol. The lowest BCUT2D eigenvalue weighted by Crippen LogP contribution is -2.13. The highest BCUT2D eigenvalue weighted by atomic mass is 32.1. The van der Waals surface area contributed by atoms with Crippen LogP contribution in [0.3, 0.4) is 0 Å². The molecule has 8 heteroatoms. The van der Waals surface area contributed by atoms with E-state index in [0.29, 0.717) is 12.3 Å². The number of aromatic amines is 2. The second-order valence-corrected chi connectivity index (χ2v) is 10.9. The van der Waals surface area contributed by atoms with Gasteiger partial charge in [-0.3, -0.25) is 14.9 Å². The second-order valence-electron chi connectivity index (χ2n) is 9.61. The molecular weight excluding hydrogens is 480 g/mol. The van der Waals surface area contributed by atoms with E-state index in [0.717, 1.165) is 60.8 Å². The minimum absolute atomic E-state index is 0.0121. The number of hydrogen-bond acceptors (Lipinski definition) is 5. The summed E-state index contributed by atoms with van der Waals surface area (Å²) in [5.41, 5.74) is 7.72. The number of carbonyl (C=O) groups is 1. The topological polar surface area (TPSA) is 99.4 Å². The number of rotatable bonds is 6. The average Bonchev–Trinajstić information content (AvgIpc) is 3.60. The molecule has 0 bridgehead atoms. The van der Waals surface area contributed by atoms with E-state index in [9.17, 15) is 4.79 Å². The Balaban J connectivity index is 1.38. The maximum atomic E-state index is 12.3. The van der Waals surface area contributed by atoms with Gasteiger partial charge in [0.2, 0.25) is 5.91 Å². The van der Waals surface area contributed by atoms with Crippen LogP contribution < -0.4 is 5.32 Å². The van der Waals surface area contributed by atoms with Gasteiger partial charge in [-0.1, -0.05) is 26.0 Å². The van der Waals surface area contributed by atoms with Gasteiger partial charge >= 0.3 is 0 Å². The predicted octanol–water partition coefficient (Wildman–Crippen LogP) is 7.19. The molecule has 37 heavy (non-hydrogen) atoms. The number of benzene rings is 1. The van der Waals surface area contributed by atoms with Gasteiger partial charge in [-0.15, -0.1) is 11.3 Å². The van der Waals surface area contributed by atoms with Crippen LogP contribution >= 0.6 is 11.3 Å². The van der Waals surface area contributed by atoms with E-state index in [4.69, 9.17) is 4.98 Å². The lowest BCUT2D eigenvalue weighted by Gasteiger charge is -2.09. The fourth-order valence-corrected chi connectivity index (χ4v) is 5.40. The van der Waals surface area contributed by atoms with Crippen LogP contribution in [-0.2, 0) is 4.79 Å². The predicted molar refractivity (Wildman–Crippen MR) is 151 cm³/mol. The summed E-state index contributed by atoms with van der Waals surface area (Å²) in [5, 5.41) is 11.7. The Morgan fingerprint density at radius 3 is 2.73 bits per heavy atom. The highest BCUT2D eigenvalue weighted by Crippen LogP contribution is 2.35. The number of aryl methyl sites for hydroxylation is 1. The van der Waals surface area contributed by atoms with Crippen LogP contribution in [0.2, 0.25) is 0 Å². The van der Waals surface area contributed by atoms with Crippen molar-refractivity contribution < 1.29 is 4.79 Å². The molecule has 0 saturated heterocycles. The molecule has 6 rings (SSSR count). The number of hydrogen-bond donors (Lipinski definition) is 3. The Bertz CT molecular complexity index is 1760. The molecule has 7 nitrogen and oxygen atoms in total. The van der Waals surface area contributed by atoms with E-state index in [-0.39, 0.29) is 5.91 Å². The zero-order valence-corrected chi connectivity index (χ0v) is 21.6. The molecule has 184 valence electrons. The maximum absolute atomic E-state index is 12.3. The van der Waals surface area contributed by atoms with Crippen LogP contribution in [0.25, 0.3) is 55.2 Å². The Labute approximate surface area is 218 Å². The average molecular weight is 507 g/mol. The molecule has 0 unspecified atom stereocenters. The molecule has 0 radical (unpaired) electrons. The SMILES string of the molecule is Cc1ccc(-c2nccc3[nH]c(-c4n[nH]c5ccc(-c6cccc(NC(=O)CC(C)C)c6)nc45)cc23)s1. The number of nitrogens with zero attached hydrogens (tertiary/aromatic N) is 3. The third-order valence-corrected chi connectivity index (χ3v) is 7.23. The summed E-state index contributed by atoms with van der Waals surface area (Å²) in [5.74, 6) is 0.316. The van der Waals surface area contributed by atoms with Crippen molar-refractivity contribution >= 4 is 44.9 Å². The van der Waals surface area contributed by atoms with E-state index in [1.54, 1.807) is 11.3 Å². The molecule has 0 aliphatic carbocycles. The van der Waals surface area contributed by atoms with Gasteiger partial charge < -0.3 is 10.3 Å². The van der Waals surface area contributed by atoms with Crippen LogP contribution in [0.5, 0.6) is 0 Å². The summed E-state index contributed by atoms with van der Waals surface area (Å²) in [6.07, 6.45) is 2.32. The number of H-pyrrole nitrogens is 2. The molecule has 3 N–H and O–H groups in total. The van der Waals surface area contributed by atoms with Crippen molar-refractivity contribution in [3.8, 4) is 33.2 Å². The normalized spacial score (nSPS) is 11.6. The van der Waals surface area contributed by atoms with Crippen molar-refractivity contribution in [1.82, 2.24) is 25.1 Å². The number of amides is 1. The molecule has 0 aliphatic heterocycles. The standard InChI is InChI=1S/C29H26N6OS/c1-16(2)13-26(36)31-19-6-4-5-18(14-19)21-8-9-23-28(33-21)29(35-34-23)24-15-20-22(32-24)11-12-30-27(20)25-10-7-17(3)37-25/h4-12,14-16,32H,13H2,1-3H3,(H,31,36)(H,34,35). The highest BCUT2D eigenvalue weighted by Gasteiger charge is 2.16. The number of fused-ring (bicyclic) bond motifs is 2. The van der Waals surface area contributed by atoms with Gasteiger partial charge in [0.15, 0.2) is 0 Å². The Hall–Kier alpha value is -4.30. The number of aromatic nitrogens is 5. The first-order valence-electron chi connectivity index (χ1n) is 12.2. The number of anilines is 1. The van der Waals surface area contributed by atoms with Crippen LogP contribution in [-0.4, -0.2) is 31.1 Å². The van der Waals surface area contributed by atoms with Gasteiger partial charge in [0.1, 0.15) is 11.2 Å². The van der Waals surface area contributed by atoms with E-state index in [1.165, 1.54) is 4.88 Å². The number of thiophene rings is 1. The fourth-order valence-electron chi connectivity index (χ4n) is 4.53. The Kier molecular flexibility index (Phi) is 5.81. The summed E-state index contributed by atoms with van der Waals surface area (Å²) in [6, 6.07) is 20.0. The number of nitrogens with one attached hydrogen (secondary N) is 3. The number of pyridine rings is 2. The van der Waals surface area contributed by atoms with Gasteiger partial charge in [0.25, 0.3) is 0 Å². The van der Waals surface area contributed by atoms with Gasteiger partial charge in [0, 0.05) is 39.6 Å². The van der Waals surface area contributed by atoms with E-state index in [2.05, 4.69) is 50.6 Å². The van der Waals surface area contributed by atoms with E-state index in [1.807, 2.05) is 62.5 Å².